The molecule has 0 fully saturated rings. The Balaban J connectivity index is 1.69. The summed E-state index contributed by atoms with van der Waals surface area (Å²) in [5, 5.41) is 16.8. The summed E-state index contributed by atoms with van der Waals surface area (Å²) in [4.78, 5) is 35.1. The van der Waals surface area contributed by atoms with Crippen molar-refractivity contribution in [3.8, 4) is 5.75 Å². The van der Waals surface area contributed by atoms with Crippen LogP contribution in [-0.2, 0) is 27.2 Å². The van der Waals surface area contributed by atoms with E-state index in [0.717, 1.165) is 16.5 Å². The molecule has 156 valence electrons. The monoisotopic (exact) mass is 410 g/mol. The molecular formula is C22H22N2O6. The Morgan fingerprint density at radius 2 is 1.87 bits per heavy atom. The minimum absolute atomic E-state index is 0.0826. The third-order valence-corrected chi connectivity index (χ3v) is 4.57. The first-order chi connectivity index (χ1) is 14.2. The maximum absolute atomic E-state index is 12.5. The number of carbonyl (C=O) groups excluding carboxylic acids is 2. The third-order valence-electron chi connectivity index (χ3n) is 4.57. The lowest BCUT2D eigenvalue weighted by molar-refractivity contribution is -0.141. The van der Waals surface area contributed by atoms with Gasteiger partial charge in [-0.3, -0.25) is 9.59 Å². The van der Waals surface area contributed by atoms with Gasteiger partial charge in [-0.15, -0.1) is 0 Å². The first-order valence-corrected chi connectivity index (χ1v) is 9.38. The summed E-state index contributed by atoms with van der Waals surface area (Å²) in [7, 11) is 0. The molecule has 3 aromatic rings. The van der Waals surface area contributed by atoms with Crippen LogP contribution in [0.15, 0.2) is 40.9 Å². The molecule has 1 atom stereocenters. The summed E-state index contributed by atoms with van der Waals surface area (Å²) in [6, 6.07) is 9.15. The summed E-state index contributed by atoms with van der Waals surface area (Å²) in [6.07, 6.45) is -0.00865. The van der Waals surface area contributed by atoms with Gasteiger partial charge >= 0.3 is 11.9 Å². The van der Waals surface area contributed by atoms with E-state index in [1.54, 1.807) is 24.3 Å². The molecule has 0 bridgehead atoms. The topological polar surface area (TPSA) is 119 Å². The molecule has 1 amide bonds. The lowest BCUT2D eigenvalue weighted by Crippen LogP contribution is -2.43. The predicted molar refractivity (Wildman–Crippen MR) is 108 cm³/mol. The molecule has 2 aromatic carbocycles. The number of nitrogens with one attached hydrogen (secondary N) is 1. The number of aromatic nitrogens is 1. The SMILES string of the molecule is CC(=O)Oc1ccc(CC(NC(=O)Cc2noc3cc(C)cc(C)c23)C(=O)O)cc1. The van der Waals surface area contributed by atoms with Crippen LogP contribution in [0.2, 0.25) is 0 Å². The summed E-state index contributed by atoms with van der Waals surface area (Å²) >= 11 is 0. The third kappa shape index (κ3) is 5.02. The molecule has 0 aliphatic heterocycles. The van der Waals surface area contributed by atoms with Gasteiger partial charge in [0.1, 0.15) is 17.5 Å². The van der Waals surface area contributed by atoms with Crippen molar-refractivity contribution in [1.29, 1.82) is 0 Å². The van der Waals surface area contributed by atoms with Crippen molar-refractivity contribution < 1.29 is 28.8 Å². The lowest BCUT2D eigenvalue weighted by atomic mass is 10.0. The van der Waals surface area contributed by atoms with Crippen LogP contribution in [-0.4, -0.2) is 34.2 Å². The van der Waals surface area contributed by atoms with Gasteiger partial charge < -0.3 is 19.7 Å². The number of benzene rings is 2. The highest BCUT2D eigenvalue weighted by Crippen LogP contribution is 2.24. The van der Waals surface area contributed by atoms with Crippen LogP contribution in [0.1, 0.15) is 29.3 Å². The average Bonchev–Trinajstić information content (AvgIpc) is 3.04. The minimum atomic E-state index is -1.15. The Morgan fingerprint density at radius 3 is 2.50 bits per heavy atom. The van der Waals surface area contributed by atoms with E-state index in [2.05, 4.69) is 10.5 Å². The highest BCUT2D eigenvalue weighted by molar-refractivity contribution is 5.90. The van der Waals surface area contributed by atoms with Crippen LogP contribution in [0.5, 0.6) is 5.75 Å². The first kappa shape index (κ1) is 21.0. The number of nitrogens with zero attached hydrogens (tertiary/aromatic N) is 1. The van der Waals surface area contributed by atoms with Gasteiger partial charge in [0.05, 0.1) is 6.42 Å². The Kier molecular flexibility index (Phi) is 6.15. The van der Waals surface area contributed by atoms with E-state index in [1.807, 2.05) is 26.0 Å². The minimum Gasteiger partial charge on any atom is -0.480 e. The largest absolute Gasteiger partial charge is 0.480 e. The van der Waals surface area contributed by atoms with Crippen LogP contribution in [0.25, 0.3) is 11.0 Å². The molecule has 1 heterocycles. The summed E-state index contributed by atoms with van der Waals surface area (Å²) in [6.45, 7) is 5.15. The van der Waals surface area contributed by atoms with E-state index in [-0.39, 0.29) is 12.8 Å². The molecule has 0 aliphatic carbocycles. The van der Waals surface area contributed by atoms with Gasteiger partial charge in [-0.2, -0.15) is 0 Å². The number of esters is 1. The van der Waals surface area contributed by atoms with E-state index in [4.69, 9.17) is 9.26 Å². The summed E-state index contributed by atoms with van der Waals surface area (Å²) in [5.41, 5.74) is 3.71. The number of hydrogen-bond acceptors (Lipinski definition) is 6. The zero-order chi connectivity index (χ0) is 21.8. The second-order valence-electron chi connectivity index (χ2n) is 7.16. The quantitative estimate of drug-likeness (QED) is 0.454. The number of aliphatic carboxylic acids is 1. The Hall–Kier alpha value is -3.68. The first-order valence-electron chi connectivity index (χ1n) is 9.38. The van der Waals surface area contributed by atoms with Crippen molar-refractivity contribution in [3.05, 3.63) is 58.8 Å². The van der Waals surface area contributed by atoms with E-state index in [0.29, 0.717) is 22.6 Å². The fourth-order valence-electron chi connectivity index (χ4n) is 3.33. The molecule has 0 aliphatic rings. The molecule has 0 saturated heterocycles. The Morgan fingerprint density at radius 1 is 1.17 bits per heavy atom. The number of hydrogen-bond donors (Lipinski definition) is 2. The van der Waals surface area contributed by atoms with E-state index in [1.165, 1.54) is 6.92 Å². The molecule has 2 N–H and O–H groups in total. The van der Waals surface area contributed by atoms with Gasteiger partial charge in [-0.05, 0) is 48.7 Å². The van der Waals surface area contributed by atoms with Crippen molar-refractivity contribution in [2.45, 2.75) is 39.7 Å². The van der Waals surface area contributed by atoms with E-state index in [9.17, 15) is 19.5 Å². The predicted octanol–water partition coefficient (Wildman–Crippen LogP) is 2.72. The summed E-state index contributed by atoms with van der Waals surface area (Å²) < 4.78 is 10.3. The number of carbonyl (C=O) groups is 3. The van der Waals surface area contributed by atoms with Crippen LogP contribution < -0.4 is 10.1 Å². The number of fused-ring (bicyclic) bond motifs is 1. The molecular weight excluding hydrogens is 388 g/mol. The number of carboxylic acids is 1. The molecule has 8 nitrogen and oxygen atoms in total. The standard InChI is InChI=1S/C22H22N2O6/c1-12-8-13(2)21-17(24-30-19(21)9-12)11-20(26)23-18(22(27)28)10-15-4-6-16(7-5-15)29-14(3)25/h4-9,18H,10-11H2,1-3H3,(H,23,26)(H,27,28). The second-order valence-corrected chi connectivity index (χ2v) is 7.16. The molecule has 1 unspecified atom stereocenters. The average molecular weight is 410 g/mol. The van der Waals surface area contributed by atoms with E-state index >= 15 is 0 Å². The Bertz CT molecular complexity index is 1100. The smallest absolute Gasteiger partial charge is 0.326 e. The summed E-state index contributed by atoms with van der Waals surface area (Å²) in [5.74, 6) is -1.69. The van der Waals surface area contributed by atoms with Crippen LogP contribution in [0, 0.1) is 13.8 Å². The van der Waals surface area contributed by atoms with E-state index < -0.39 is 23.9 Å². The van der Waals surface area contributed by atoms with Gasteiger partial charge in [-0.25, -0.2) is 4.79 Å². The molecule has 1 aromatic heterocycles. The fraction of sp³-hybridized carbons (Fsp3) is 0.273. The van der Waals surface area contributed by atoms with Gasteiger partial charge in [0, 0.05) is 18.7 Å². The highest BCUT2D eigenvalue weighted by atomic mass is 16.5. The molecule has 0 saturated carbocycles. The van der Waals surface area contributed by atoms with Crippen molar-refractivity contribution in [1.82, 2.24) is 10.5 Å². The van der Waals surface area contributed by atoms with Crippen molar-refractivity contribution in [3.63, 3.8) is 0 Å². The van der Waals surface area contributed by atoms with Gasteiger partial charge in [-0.1, -0.05) is 23.4 Å². The van der Waals surface area contributed by atoms with Crippen LogP contribution >= 0.6 is 0 Å². The van der Waals surface area contributed by atoms with Gasteiger partial charge in [0.15, 0.2) is 5.58 Å². The maximum Gasteiger partial charge on any atom is 0.326 e. The molecule has 30 heavy (non-hydrogen) atoms. The molecule has 3 rings (SSSR count). The van der Waals surface area contributed by atoms with Crippen molar-refractivity contribution in [2.75, 3.05) is 0 Å². The van der Waals surface area contributed by atoms with Crippen molar-refractivity contribution >= 4 is 28.8 Å². The Labute approximate surface area is 172 Å². The number of ether oxygens (including phenoxy) is 1. The lowest BCUT2D eigenvalue weighted by Gasteiger charge is -2.14. The normalized spacial score (nSPS) is 11.8. The number of rotatable bonds is 7. The maximum atomic E-state index is 12.5. The number of amides is 1. The molecule has 0 radical (unpaired) electrons. The second kappa shape index (κ2) is 8.77. The van der Waals surface area contributed by atoms with Gasteiger partial charge in [0.25, 0.3) is 0 Å². The molecule has 8 heteroatoms. The zero-order valence-electron chi connectivity index (χ0n) is 16.9. The van der Waals surface area contributed by atoms with Gasteiger partial charge in [0.2, 0.25) is 5.91 Å². The number of carboxylic acid groups (broad SMARTS) is 1. The number of aryl methyl sites for hydroxylation is 2. The highest BCUT2D eigenvalue weighted by Gasteiger charge is 2.22. The fourth-order valence-corrected chi connectivity index (χ4v) is 3.33. The van der Waals surface area contributed by atoms with Crippen molar-refractivity contribution in [2.24, 2.45) is 0 Å². The molecule has 0 spiro atoms. The zero-order valence-corrected chi connectivity index (χ0v) is 16.9. The van der Waals surface area contributed by atoms with Crippen LogP contribution in [0.4, 0.5) is 0 Å². The van der Waals surface area contributed by atoms with Crippen LogP contribution in [0.3, 0.4) is 0 Å².